The SMILES string of the molecule is Cc1nn(Cc2ccccc2Cl)c(C)c1C(=O)OCC(=O)N(C)C1CCCCC1. The number of carbonyl (C=O) groups excluding carboxylic acids is 2. The van der Waals surface area contributed by atoms with Crippen LogP contribution in [0.5, 0.6) is 0 Å². The number of amides is 1. The summed E-state index contributed by atoms with van der Waals surface area (Å²) < 4.78 is 7.08. The number of hydrogen-bond donors (Lipinski definition) is 0. The summed E-state index contributed by atoms with van der Waals surface area (Å²) in [5.41, 5.74) is 2.60. The zero-order valence-electron chi connectivity index (χ0n) is 17.3. The molecule has 0 bridgehead atoms. The van der Waals surface area contributed by atoms with Gasteiger partial charge >= 0.3 is 5.97 Å². The van der Waals surface area contributed by atoms with Crippen LogP contribution in [-0.4, -0.2) is 46.3 Å². The van der Waals surface area contributed by atoms with E-state index < -0.39 is 5.97 Å². The molecule has 1 fully saturated rings. The molecule has 0 aliphatic heterocycles. The number of ether oxygens (including phenoxy) is 1. The number of aromatic nitrogens is 2. The average molecular weight is 418 g/mol. The van der Waals surface area contributed by atoms with Gasteiger partial charge in [0, 0.05) is 18.1 Å². The minimum absolute atomic E-state index is 0.163. The maximum Gasteiger partial charge on any atom is 0.342 e. The lowest BCUT2D eigenvalue weighted by atomic mass is 9.94. The molecule has 1 saturated carbocycles. The van der Waals surface area contributed by atoms with Gasteiger partial charge in [-0.15, -0.1) is 0 Å². The van der Waals surface area contributed by atoms with Gasteiger partial charge in [0.25, 0.3) is 5.91 Å². The first-order valence-corrected chi connectivity index (χ1v) is 10.5. The van der Waals surface area contributed by atoms with E-state index in [1.807, 2.05) is 31.2 Å². The predicted molar refractivity (Wildman–Crippen MR) is 112 cm³/mol. The average Bonchev–Trinajstić information content (AvgIpc) is 3.00. The highest BCUT2D eigenvalue weighted by Crippen LogP contribution is 2.22. The molecule has 1 aliphatic carbocycles. The van der Waals surface area contributed by atoms with E-state index in [4.69, 9.17) is 16.3 Å². The summed E-state index contributed by atoms with van der Waals surface area (Å²) in [6.07, 6.45) is 5.55. The van der Waals surface area contributed by atoms with Crippen molar-refractivity contribution in [1.29, 1.82) is 0 Å². The van der Waals surface area contributed by atoms with E-state index in [9.17, 15) is 9.59 Å². The molecule has 1 amide bonds. The van der Waals surface area contributed by atoms with Crippen LogP contribution >= 0.6 is 11.6 Å². The molecule has 29 heavy (non-hydrogen) atoms. The van der Waals surface area contributed by atoms with Gasteiger partial charge in [-0.3, -0.25) is 9.48 Å². The second-order valence-electron chi connectivity index (χ2n) is 7.67. The van der Waals surface area contributed by atoms with Gasteiger partial charge in [0.2, 0.25) is 0 Å². The fraction of sp³-hybridized carbons (Fsp3) is 0.500. The fourth-order valence-corrected chi connectivity index (χ4v) is 4.10. The first-order valence-electron chi connectivity index (χ1n) is 10.1. The van der Waals surface area contributed by atoms with Gasteiger partial charge in [0.1, 0.15) is 5.56 Å². The molecular weight excluding hydrogens is 390 g/mol. The number of likely N-dealkylation sites (N-methyl/N-ethyl adjacent to an activating group) is 1. The summed E-state index contributed by atoms with van der Waals surface area (Å²) in [7, 11) is 1.80. The lowest BCUT2D eigenvalue weighted by Gasteiger charge is -2.31. The summed E-state index contributed by atoms with van der Waals surface area (Å²) >= 11 is 6.24. The lowest BCUT2D eigenvalue weighted by molar-refractivity contribution is -0.135. The van der Waals surface area contributed by atoms with Crippen molar-refractivity contribution in [2.45, 2.75) is 58.5 Å². The Labute approximate surface area is 176 Å². The molecular formula is C22H28ClN3O3. The Bertz CT molecular complexity index is 887. The van der Waals surface area contributed by atoms with Crippen molar-refractivity contribution in [3.8, 4) is 0 Å². The number of rotatable bonds is 6. The number of aryl methyl sites for hydroxylation is 1. The number of benzene rings is 1. The molecule has 0 spiro atoms. The Morgan fingerprint density at radius 2 is 1.90 bits per heavy atom. The lowest BCUT2D eigenvalue weighted by Crippen LogP contribution is -2.40. The Kier molecular flexibility index (Phi) is 6.96. The predicted octanol–water partition coefficient (Wildman–Crippen LogP) is 4.15. The van der Waals surface area contributed by atoms with Crippen molar-refractivity contribution in [2.24, 2.45) is 0 Å². The van der Waals surface area contributed by atoms with Crippen molar-refractivity contribution in [2.75, 3.05) is 13.7 Å². The fourth-order valence-electron chi connectivity index (χ4n) is 3.91. The first-order chi connectivity index (χ1) is 13.9. The third kappa shape index (κ3) is 4.99. The maximum absolute atomic E-state index is 12.7. The van der Waals surface area contributed by atoms with Gasteiger partial charge in [-0.05, 0) is 38.3 Å². The zero-order chi connectivity index (χ0) is 21.0. The molecule has 1 aliphatic rings. The number of nitrogens with zero attached hydrogens (tertiary/aromatic N) is 3. The number of esters is 1. The van der Waals surface area contributed by atoms with Crippen molar-refractivity contribution in [3.05, 3.63) is 51.8 Å². The standard InChI is InChI=1S/C22H28ClN3O3/c1-15-21(16(2)26(24-15)13-17-9-7-8-12-19(17)23)22(28)29-14-20(27)25(3)18-10-5-4-6-11-18/h7-9,12,18H,4-6,10-11,13-14H2,1-3H3. The van der Waals surface area contributed by atoms with E-state index in [1.54, 1.807) is 23.6 Å². The maximum atomic E-state index is 12.7. The Hall–Kier alpha value is -2.34. The largest absolute Gasteiger partial charge is 0.452 e. The molecule has 0 saturated heterocycles. The number of halogens is 1. The third-order valence-electron chi connectivity index (χ3n) is 5.71. The first kappa shape index (κ1) is 21.4. The monoisotopic (exact) mass is 417 g/mol. The van der Waals surface area contributed by atoms with Crippen LogP contribution < -0.4 is 0 Å². The summed E-state index contributed by atoms with van der Waals surface area (Å²) in [6, 6.07) is 7.79. The molecule has 0 radical (unpaired) electrons. The highest BCUT2D eigenvalue weighted by atomic mass is 35.5. The minimum Gasteiger partial charge on any atom is -0.452 e. The van der Waals surface area contributed by atoms with Crippen molar-refractivity contribution in [3.63, 3.8) is 0 Å². The van der Waals surface area contributed by atoms with Crippen molar-refractivity contribution in [1.82, 2.24) is 14.7 Å². The van der Waals surface area contributed by atoms with Gasteiger partial charge in [0.05, 0.1) is 17.9 Å². The molecule has 0 unspecified atom stereocenters. The molecule has 1 aromatic heterocycles. The van der Waals surface area contributed by atoms with E-state index in [0.717, 1.165) is 31.2 Å². The minimum atomic E-state index is -0.518. The Morgan fingerprint density at radius 3 is 2.59 bits per heavy atom. The second-order valence-corrected chi connectivity index (χ2v) is 8.07. The molecule has 7 heteroatoms. The van der Waals surface area contributed by atoms with Gasteiger partial charge in [-0.25, -0.2) is 4.79 Å². The third-order valence-corrected chi connectivity index (χ3v) is 6.07. The van der Waals surface area contributed by atoms with E-state index >= 15 is 0 Å². The van der Waals surface area contributed by atoms with Crippen LogP contribution in [0.4, 0.5) is 0 Å². The van der Waals surface area contributed by atoms with Gasteiger partial charge in [0.15, 0.2) is 6.61 Å². The normalized spacial score (nSPS) is 14.6. The molecule has 6 nitrogen and oxygen atoms in total. The topological polar surface area (TPSA) is 64.4 Å². The quantitative estimate of drug-likeness (QED) is 0.662. The molecule has 2 aromatic rings. The smallest absolute Gasteiger partial charge is 0.342 e. The van der Waals surface area contributed by atoms with Crippen molar-refractivity contribution < 1.29 is 14.3 Å². The molecule has 0 atom stereocenters. The summed E-state index contributed by atoms with van der Waals surface area (Å²) in [5.74, 6) is -0.681. The van der Waals surface area contributed by atoms with E-state index in [-0.39, 0.29) is 18.6 Å². The molecule has 3 rings (SSSR count). The van der Waals surface area contributed by atoms with Crippen LogP contribution in [0.2, 0.25) is 5.02 Å². The molecule has 156 valence electrons. The van der Waals surface area contributed by atoms with Gasteiger partial charge in [-0.1, -0.05) is 49.1 Å². The Balaban J connectivity index is 1.64. The van der Waals surface area contributed by atoms with Gasteiger partial charge < -0.3 is 9.64 Å². The van der Waals surface area contributed by atoms with E-state index in [2.05, 4.69) is 5.10 Å². The molecule has 1 aromatic carbocycles. The van der Waals surface area contributed by atoms with Crippen LogP contribution in [0.1, 0.15) is 59.4 Å². The van der Waals surface area contributed by atoms with Crippen LogP contribution in [0, 0.1) is 13.8 Å². The second kappa shape index (κ2) is 9.44. The number of carbonyl (C=O) groups is 2. The highest BCUT2D eigenvalue weighted by molar-refractivity contribution is 6.31. The van der Waals surface area contributed by atoms with E-state index in [1.165, 1.54) is 6.42 Å². The molecule has 1 heterocycles. The van der Waals surface area contributed by atoms with Crippen LogP contribution in [0.25, 0.3) is 0 Å². The summed E-state index contributed by atoms with van der Waals surface area (Å²) in [4.78, 5) is 26.8. The van der Waals surface area contributed by atoms with Crippen LogP contribution in [0.15, 0.2) is 24.3 Å². The van der Waals surface area contributed by atoms with E-state index in [0.29, 0.717) is 28.5 Å². The summed E-state index contributed by atoms with van der Waals surface area (Å²) in [6.45, 7) is 3.80. The van der Waals surface area contributed by atoms with Crippen LogP contribution in [-0.2, 0) is 16.1 Å². The molecule has 0 N–H and O–H groups in total. The Morgan fingerprint density at radius 1 is 1.21 bits per heavy atom. The highest BCUT2D eigenvalue weighted by Gasteiger charge is 2.25. The van der Waals surface area contributed by atoms with Crippen LogP contribution in [0.3, 0.4) is 0 Å². The zero-order valence-corrected chi connectivity index (χ0v) is 18.0. The van der Waals surface area contributed by atoms with Crippen molar-refractivity contribution >= 4 is 23.5 Å². The number of hydrogen-bond acceptors (Lipinski definition) is 4. The summed E-state index contributed by atoms with van der Waals surface area (Å²) in [5, 5.41) is 5.12. The van der Waals surface area contributed by atoms with Gasteiger partial charge in [-0.2, -0.15) is 5.10 Å².